The molecule has 3 unspecified atom stereocenters. The second-order valence-electron chi connectivity index (χ2n) is 6.30. The van der Waals surface area contributed by atoms with Crippen LogP contribution in [-0.4, -0.2) is 36.3 Å². The number of nitrogens with zero attached hydrogens (tertiary/aromatic N) is 1. The molecule has 0 amide bonds. The van der Waals surface area contributed by atoms with E-state index < -0.39 is 0 Å². The molecule has 0 radical (unpaired) electrons. The SMILES string of the molecule is CCCN1C2CCC(C(=O)C2)C1c1ccc(C(=O)OC)cc1. The lowest BCUT2D eigenvalue weighted by atomic mass is 9.71. The number of fused-ring (bicyclic) bond motifs is 3. The van der Waals surface area contributed by atoms with Gasteiger partial charge in [0.05, 0.1) is 12.7 Å². The maximum absolute atomic E-state index is 12.3. The number of carbonyl (C=O) groups excluding carboxylic acids is 2. The van der Waals surface area contributed by atoms with Gasteiger partial charge >= 0.3 is 5.97 Å². The molecular formula is C18H23NO3. The van der Waals surface area contributed by atoms with Crippen molar-refractivity contribution in [3.63, 3.8) is 0 Å². The van der Waals surface area contributed by atoms with Crippen molar-refractivity contribution in [2.24, 2.45) is 5.92 Å². The Morgan fingerprint density at radius 3 is 2.59 bits per heavy atom. The molecule has 4 rings (SSSR count). The minimum absolute atomic E-state index is 0.112. The fourth-order valence-corrected chi connectivity index (χ4v) is 4.03. The summed E-state index contributed by atoms with van der Waals surface area (Å²) in [5.41, 5.74) is 1.70. The van der Waals surface area contributed by atoms with Crippen LogP contribution in [0.15, 0.2) is 24.3 Å². The van der Waals surface area contributed by atoms with Gasteiger partial charge < -0.3 is 4.74 Å². The van der Waals surface area contributed by atoms with E-state index in [9.17, 15) is 9.59 Å². The molecule has 22 heavy (non-hydrogen) atoms. The Morgan fingerprint density at radius 1 is 1.27 bits per heavy atom. The van der Waals surface area contributed by atoms with Gasteiger partial charge in [-0.05, 0) is 43.5 Å². The van der Waals surface area contributed by atoms with Gasteiger partial charge in [0.2, 0.25) is 0 Å². The second kappa shape index (κ2) is 6.21. The lowest BCUT2D eigenvalue weighted by Gasteiger charge is -2.50. The predicted octanol–water partition coefficient (Wildman–Crippen LogP) is 2.98. The molecule has 1 aromatic carbocycles. The Labute approximate surface area is 131 Å². The molecule has 0 N–H and O–H groups in total. The van der Waals surface area contributed by atoms with Crippen molar-refractivity contribution in [2.75, 3.05) is 13.7 Å². The number of hydrogen-bond acceptors (Lipinski definition) is 4. The highest BCUT2D eigenvalue weighted by Crippen LogP contribution is 2.45. The van der Waals surface area contributed by atoms with Gasteiger partial charge in [-0.25, -0.2) is 4.79 Å². The van der Waals surface area contributed by atoms with Crippen molar-refractivity contribution in [1.29, 1.82) is 0 Å². The predicted molar refractivity (Wildman–Crippen MR) is 83.7 cm³/mol. The summed E-state index contributed by atoms with van der Waals surface area (Å²) in [6.07, 6.45) is 3.93. The third-order valence-electron chi connectivity index (χ3n) is 5.02. The van der Waals surface area contributed by atoms with Gasteiger partial charge in [-0.1, -0.05) is 19.1 Å². The van der Waals surface area contributed by atoms with Gasteiger partial charge in [-0.2, -0.15) is 0 Å². The van der Waals surface area contributed by atoms with Gasteiger partial charge in [0, 0.05) is 24.4 Å². The molecule has 2 bridgehead atoms. The molecule has 1 aromatic rings. The standard InChI is InChI=1S/C18H23NO3/c1-3-10-19-14-8-9-15(16(20)11-14)17(19)12-4-6-13(7-5-12)18(21)22-2/h4-7,14-15,17H,3,8-11H2,1-2H3. The number of ether oxygens (including phenoxy) is 1. The topological polar surface area (TPSA) is 46.6 Å². The number of methoxy groups -OCH3 is 1. The highest BCUT2D eigenvalue weighted by atomic mass is 16.5. The maximum Gasteiger partial charge on any atom is 0.337 e. The van der Waals surface area contributed by atoms with E-state index in [4.69, 9.17) is 4.74 Å². The minimum atomic E-state index is -0.321. The molecule has 3 atom stereocenters. The molecule has 1 saturated carbocycles. The summed E-state index contributed by atoms with van der Waals surface area (Å²) in [6, 6.07) is 8.13. The zero-order valence-corrected chi connectivity index (χ0v) is 13.2. The number of piperidine rings is 2. The van der Waals surface area contributed by atoms with Crippen LogP contribution in [0.2, 0.25) is 0 Å². The van der Waals surface area contributed by atoms with E-state index >= 15 is 0 Å². The number of rotatable bonds is 4. The highest BCUT2D eigenvalue weighted by Gasteiger charge is 2.46. The van der Waals surface area contributed by atoms with E-state index in [0.29, 0.717) is 23.8 Å². The molecule has 0 aromatic heterocycles. The number of carbonyl (C=O) groups is 2. The third-order valence-corrected chi connectivity index (χ3v) is 5.02. The van der Waals surface area contributed by atoms with Gasteiger partial charge in [-0.3, -0.25) is 9.69 Å². The minimum Gasteiger partial charge on any atom is -0.465 e. The van der Waals surface area contributed by atoms with E-state index in [0.717, 1.165) is 31.4 Å². The number of benzene rings is 1. The summed E-state index contributed by atoms with van der Waals surface area (Å²) in [4.78, 5) is 26.4. The largest absolute Gasteiger partial charge is 0.465 e. The summed E-state index contributed by atoms with van der Waals surface area (Å²) >= 11 is 0. The van der Waals surface area contributed by atoms with Crippen LogP contribution in [0.4, 0.5) is 0 Å². The Morgan fingerprint density at radius 2 is 2.00 bits per heavy atom. The molecule has 118 valence electrons. The van der Waals surface area contributed by atoms with E-state index in [2.05, 4.69) is 11.8 Å². The molecule has 3 fully saturated rings. The van der Waals surface area contributed by atoms with Crippen molar-refractivity contribution in [3.8, 4) is 0 Å². The van der Waals surface area contributed by atoms with Crippen molar-refractivity contribution >= 4 is 11.8 Å². The van der Waals surface area contributed by atoms with Crippen molar-refractivity contribution in [2.45, 2.75) is 44.7 Å². The monoisotopic (exact) mass is 301 g/mol. The molecular weight excluding hydrogens is 278 g/mol. The molecule has 2 aliphatic heterocycles. The Balaban J connectivity index is 1.90. The summed E-state index contributed by atoms with van der Waals surface area (Å²) < 4.78 is 4.74. The first kappa shape index (κ1) is 15.2. The summed E-state index contributed by atoms with van der Waals surface area (Å²) in [6.45, 7) is 3.21. The highest BCUT2D eigenvalue weighted by molar-refractivity contribution is 5.89. The second-order valence-corrected chi connectivity index (χ2v) is 6.30. The van der Waals surface area contributed by atoms with E-state index in [1.807, 2.05) is 12.1 Å². The van der Waals surface area contributed by atoms with Crippen LogP contribution in [0.5, 0.6) is 0 Å². The summed E-state index contributed by atoms with van der Waals surface area (Å²) in [5.74, 6) is 0.198. The fraction of sp³-hybridized carbons (Fsp3) is 0.556. The van der Waals surface area contributed by atoms with Crippen LogP contribution in [0.3, 0.4) is 0 Å². The zero-order chi connectivity index (χ0) is 15.7. The van der Waals surface area contributed by atoms with E-state index in [1.54, 1.807) is 12.1 Å². The van der Waals surface area contributed by atoms with Gasteiger partial charge in [-0.15, -0.1) is 0 Å². The van der Waals surface area contributed by atoms with Crippen LogP contribution >= 0.6 is 0 Å². The Kier molecular flexibility index (Phi) is 4.30. The van der Waals surface area contributed by atoms with Gasteiger partial charge in [0.25, 0.3) is 0 Å². The Hall–Kier alpha value is -1.68. The quantitative estimate of drug-likeness (QED) is 0.802. The van der Waals surface area contributed by atoms with Crippen LogP contribution in [0.25, 0.3) is 0 Å². The van der Waals surface area contributed by atoms with Gasteiger partial charge in [0.1, 0.15) is 5.78 Å². The molecule has 3 aliphatic rings. The fourth-order valence-electron chi connectivity index (χ4n) is 4.03. The van der Waals surface area contributed by atoms with Gasteiger partial charge in [0.15, 0.2) is 0 Å². The maximum atomic E-state index is 12.3. The summed E-state index contributed by atoms with van der Waals surface area (Å²) in [7, 11) is 1.39. The van der Waals surface area contributed by atoms with Crippen molar-refractivity contribution in [1.82, 2.24) is 4.90 Å². The van der Waals surface area contributed by atoms with Crippen LogP contribution in [-0.2, 0) is 9.53 Å². The molecule has 4 heteroatoms. The average Bonchev–Trinajstić information content (AvgIpc) is 2.55. The van der Waals surface area contributed by atoms with E-state index in [1.165, 1.54) is 7.11 Å². The van der Waals surface area contributed by atoms with Crippen LogP contribution in [0, 0.1) is 5.92 Å². The number of ketones is 1. The lowest BCUT2D eigenvalue weighted by Crippen LogP contribution is -2.54. The molecule has 0 spiro atoms. The average molecular weight is 301 g/mol. The van der Waals surface area contributed by atoms with E-state index in [-0.39, 0.29) is 17.9 Å². The lowest BCUT2D eigenvalue weighted by molar-refractivity contribution is -0.138. The Bertz CT molecular complexity index is 566. The number of hydrogen-bond donors (Lipinski definition) is 0. The van der Waals surface area contributed by atoms with Crippen molar-refractivity contribution < 1.29 is 14.3 Å². The first-order valence-corrected chi connectivity index (χ1v) is 8.12. The zero-order valence-electron chi connectivity index (χ0n) is 13.2. The number of Topliss-reactive ketones (excluding diaryl/α,β-unsaturated/α-hetero) is 1. The molecule has 2 heterocycles. The molecule has 1 aliphatic carbocycles. The molecule has 4 nitrogen and oxygen atoms in total. The summed E-state index contributed by atoms with van der Waals surface area (Å²) in [5, 5.41) is 0. The molecule has 2 saturated heterocycles. The van der Waals surface area contributed by atoms with Crippen LogP contribution in [0.1, 0.15) is 54.6 Å². The normalized spacial score (nSPS) is 27.9. The first-order chi connectivity index (χ1) is 10.7. The first-order valence-electron chi connectivity index (χ1n) is 8.12. The smallest absolute Gasteiger partial charge is 0.337 e. The third kappa shape index (κ3) is 2.56. The number of esters is 1. The van der Waals surface area contributed by atoms with Crippen LogP contribution < -0.4 is 0 Å². The van der Waals surface area contributed by atoms with Crippen molar-refractivity contribution in [3.05, 3.63) is 35.4 Å².